The van der Waals surface area contributed by atoms with Crippen molar-refractivity contribution >= 4 is 32.5 Å². The highest BCUT2D eigenvalue weighted by Crippen LogP contribution is 2.34. The van der Waals surface area contributed by atoms with Crippen molar-refractivity contribution in [3.05, 3.63) is 109 Å². The molecule has 0 radical (unpaired) electrons. The average molecular weight is 440 g/mol. The smallest absolute Gasteiger partial charge is 0.124 e. The van der Waals surface area contributed by atoms with Crippen LogP contribution in [-0.4, -0.2) is 9.97 Å². The van der Waals surface area contributed by atoms with Gasteiger partial charge in [-0.15, -0.1) is 11.3 Å². The van der Waals surface area contributed by atoms with Crippen molar-refractivity contribution in [3.63, 3.8) is 0 Å². The monoisotopic (exact) mass is 439 g/mol. The summed E-state index contributed by atoms with van der Waals surface area (Å²) in [5.74, 6) is 0. The van der Waals surface area contributed by atoms with Crippen molar-refractivity contribution in [2.75, 3.05) is 0 Å². The second kappa shape index (κ2) is 7.98. The van der Waals surface area contributed by atoms with Crippen molar-refractivity contribution in [1.82, 2.24) is 9.97 Å². The van der Waals surface area contributed by atoms with Gasteiger partial charge >= 0.3 is 0 Å². The van der Waals surface area contributed by atoms with Gasteiger partial charge in [0.2, 0.25) is 0 Å². The molecule has 0 atom stereocenters. The Labute approximate surface area is 195 Å². The molecule has 4 aromatic carbocycles. The first kappa shape index (κ1) is 19.4. The number of aromatic nitrogens is 2. The molecule has 33 heavy (non-hydrogen) atoms. The van der Waals surface area contributed by atoms with Gasteiger partial charge in [-0.3, -0.25) is 4.98 Å². The van der Waals surface area contributed by atoms with E-state index in [1.165, 1.54) is 0 Å². The van der Waals surface area contributed by atoms with Gasteiger partial charge in [-0.05, 0) is 59.2 Å². The zero-order valence-electron chi connectivity index (χ0n) is 17.6. The Hall–Kier alpha value is -4.33. The number of pyridine rings is 1. The van der Waals surface area contributed by atoms with Crippen LogP contribution < -0.4 is 0 Å². The number of hydrogen-bond acceptors (Lipinski definition) is 4. The molecular weight excluding hydrogens is 422 g/mol. The lowest BCUT2D eigenvalue weighted by atomic mass is 9.97. The van der Waals surface area contributed by atoms with E-state index in [-0.39, 0.29) is 0 Å². The summed E-state index contributed by atoms with van der Waals surface area (Å²) in [6.07, 6.45) is 1.92. The van der Waals surface area contributed by atoms with Crippen LogP contribution in [0.15, 0.2) is 103 Å². The van der Waals surface area contributed by atoms with Gasteiger partial charge < -0.3 is 0 Å². The van der Waals surface area contributed by atoms with Crippen LogP contribution in [0.1, 0.15) is 5.56 Å². The third-order valence-electron chi connectivity index (χ3n) is 5.74. The van der Waals surface area contributed by atoms with E-state index in [4.69, 9.17) is 4.98 Å². The van der Waals surface area contributed by atoms with E-state index in [1.54, 1.807) is 11.3 Å². The van der Waals surface area contributed by atoms with Crippen molar-refractivity contribution in [2.45, 2.75) is 0 Å². The molecule has 0 bridgehead atoms. The number of hydrogen-bond donors (Lipinski definition) is 0. The topological polar surface area (TPSA) is 49.6 Å². The molecule has 0 saturated heterocycles. The maximum absolute atomic E-state index is 9.63. The lowest BCUT2D eigenvalue weighted by Gasteiger charge is -2.08. The van der Waals surface area contributed by atoms with Gasteiger partial charge in [0.1, 0.15) is 5.01 Å². The Morgan fingerprint density at radius 3 is 2.12 bits per heavy atom. The van der Waals surface area contributed by atoms with E-state index >= 15 is 0 Å². The van der Waals surface area contributed by atoms with Gasteiger partial charge in [-0.25, -0.2) is 4.98 Å². The average Bonchev–Trinajstić information content (AvgIpc) is 3.33. The van der Waals surface area contributed by atoms with E-state index in [1.807, 2.05) is 54.7 Å². The van der Waals surface area contributed by atoms with Gasteiger partial charge in [-0.2, -0.15) is 5.26 Å². The molecule has 0 aliphatic rings. The Balaban J connectivity index is 1.39. The summed E-state index contributed by atoms with van der Waals surface area (Å²) in [6, 6.07) is 35.1. The molecule has 0 N–H and O–H groups in total. The normalized spacial score (nSPS) is 11.0. The second-order valence-corrected chi connectivity index (χ2v) is 8.92. The number of fused-ring (bicyclic) bond motifs is 2. The second-order valence-electron chi connectivity index (χ2n) is 7.89. The van der Waals surface area contributed by atoms with Crippen molar-refractivity contribution in [3.8, 4) is 38.9 Å². The minimum absolute atomic E-state index is 0.629. The molecule has 6 rings (SSSR count). The summed E-state index contributed by atoms with van der Waals surface area (Å²) in [6.45, 7) is 0. The third-order valence-corrected chi connectivity index (χ3v) is 6.83. The van der Waals surface area contributed by atoms with Crippen LogP contribution in [0.4, 0.5) is 0 Å². The van der Waals surface area contributed by atoms with Crippen molar-refractivity contribution in [1.29, 1.82) is 5.26 Å². The van der Waals surface area contributed by atoms with Crippen LogP contribution in [0.3, 0.4) is 0 Å². The molecular formula is C29H17N3S. The molecule has 154 valence electrons. The predicted octanol–water partition coefficient (Wildman–Crippen LogP) is 7.72. The quantitative estimate of drug-likeness (QED) is 0.284. The summed E-state index contributed by atoms with van der Waals surface area (Å²) in [5.41, 5.74) is 7.83. The van der Waals surface area contributed by atoms with Crippen molar-refractivity contribution < 1.29 is 0 Å². The SMILES string of the molecule is N#Cc1cc(-c2ccc(-c3cnc4ccccc4c3)cc2)cc(-c2nc3ccccc3s2)c1. The van der Waals surface area contributed by atoms with Gasteiger partial charge in [0.05, 0.1) is 27.4 Å². The van der Waals surface area contributed by atoms with Gasteiger partial charge in [0.25, 0.3) is 0 Å². The first-order chi connectivity index (χ1) is 16.3. The molecule has 2 aromatic heterocycles. The molecule has 3 nitrogen and oxygen atoms in total. The number of rotatable bonds is 3. The number of para-hydroxylation sites is 2. The maximum Gasteiger partial charge on any atom is 0.124 e. The van der Waals surface area contributed by atoms with E-state index < -0.39 is 0 Å². The molecule has 0 saturated carbocycles. The first-order valence-corrected chi connectivity index (χ1v) is 11.5. The highest BCUT2D eigenvalue weighted by molar-refractivity contribution is 7.21. The Kier molecular flexibility index (Phi) is 4.68. The summed E-state index contributed by atoms with van der Waals surface area (Å²) in [5, 5.41) is 11.7. The van der Waals surface area contributed by atoms with Crippen LogP contribution in [0, 0.1) is 11.3 Å². The van der Waals surface area contributed by atoms with E-state index in [0.717, 1.165) is 53.9 Å². The highest BCUT2D eigenvalue weighted by atomic mass is 32.1. The van der Waals surface area contributed by atoms with Gasteiger partial charge in [0.15, 0.2) is 0 Å². The summed E-state index contributed by atoms with van der Waals surface area (Å²) in [7, 11) is 0. The molecule has 6 aromatic rings. The molecule has 0 aliphatic carbocycles. The van der Waals surface area contributed by atoms with Crippen molar-refractivity contribution in [2.24, 2.45) is 0 Å². The van der Waals surface area contributed by atoms with Crippen LogP contribution in [-0.2, 0) is 0 Å². The van der Waals surface area contributed by atoms with Crippen LogP contribution in [0.25, 0.3) is 53.9 Å². The zero-order chi connectivity index (χ0) is 22.2. The van der Waals surface area contributed by atoms with E-state index in [9.17, 15) is 5.26 Å². The van der Waals surface area contributed by atoms with Crippen LogP contribution >= 0.6 is 11.3 Å². The molecule has 0 unspecified atom stereocenters. The molecule has 0 fully saturated rings. The molecule has 4 heteroatoms. The molecule has 2 heterocycles. The lowest BCUT2D eigenvalue weighted by molar-refractivity contribution is 1.41. The predicted molar refractivity (Wildman–Crippen MR) is 136 cm³/mol. The standard InChI is InChI=1S/C29H17N3S/c30-17-19-13-23(16-24(14-19)29-32-27-7-3-4-8-28(27)33-29)20-9-11-21(12-10-20)25-15-22-5-1-2-6-26(22)31-18-25/h1-16,18H. The fourth-order valence-electron chi connectivity index (χ4n) is 4.06. The number of benzene rings is 4. The summed E-state index contributed by atoms with van der Waals surface area (Å²) >= 11 is 1.65. The largest absolute Gasteiger partial charge is 0.256 e. The fourth-order valence-corrected chi connectivity index (χ4v) is 5.01. The highest BCUT2D eigenvalue weighted by Gasteiger charge is 2.10. The Morgan fingerprint density at radius 1 is 0.636 bits per heavy atom. The number of nitriles is 1. The minimum Gasteiger partial charge on any atom is -0.256 e. The third kappa shape index (κ3) is 3.65. The molecule has 0 aliphatic heterocycles. The fraction of sp³-hybridized carbons (Fsp3) is 0. The Morgan fingerprint density at radius 2 is 1.33 bits per heavy atom. The number of thiazole rings is 1. The minimum atomic E-state index is 0.629. The van der Waals surface area contributed by atoms with Gasteiger partial charge in [0, 0.05) is 22.7 Å². The molecule has 0 spiro atoms. The van der Waals surface area contributed by atoms with Crippen LogP contribution in [0.5, 0.6) is 0 Å². The van der Waals surface area contributed by atoms with Crippen LogP contribution in [0.2, 0.25) is 0 Å². The first-order valence-electron chi connectivity index (χ1n) is 10.6. The summed E-state index contributed by atoms with van der Waals surface area (Å²) in [4.78, 5) is 9.36. The van der Waals surface area contributed by atoms with Gasteiger partial charge in [-0.1, -0.05) is 54.6 Å². The molecule has 0 amide bonds. The summed E-state index contributed by atoms with van der Waals surface area (Å²) < 4.78 is 1.14. The lowest BCUT2D eigenvalue weighted by Crippen LogP contribution is -1.86. The number of nitrogens with zero attached hydrogens (tertiary/aromatic N) is 3. The maximum atomic E-state index is 9.63. The van der Waals surface area contributed by atoms with E-state index in [0.29, 0.717) is 5.56 Å². The Bertz CT molecular complexity index is 1640. The zero-order valence-corrected chi connectivity index (χ0v) is 18.4. The van der Waals surface area contributed by atoms with E-state index in [2.05, 4.69) is 59.6 Å².